The molecule has 1 heterocycles. The highest BCUT2D eigenvalue weighted by Crippen LogP contribution is 2.06. The van der Waals surface area contributed by atoms with Crippen LogP contribution in [-0.4, -0.2) is 29.1 Å². The normalized spacial score (nSPS) is 11.2. The lowest BCUT2D eigenvalue weighted by Gasteiger charge is -2.08. The number of hydrogen-bond donors (Lipinski definition) is 3. The fourth-order valence-electron chi connectivity index (χ4n) is 2.33. The van der Waals surface area contributed by atoms with Crippen LogP contribution in [0.3, 0.4) is 0 Å². The number of anilines is 1. The SMILES string of the molecule is Cc1c[nH]c(=O)c(NC(=O)C(CCCN)=NC(=O)Cc2ccccc2)c1. The molecular formula is C19H22N4O3. The molecule has 26 heavy (non-hydrogen) atoms. The van der Waals surface area contributed by atoms with E-state index in [2.05, 4.69) is 15.3 Å². The van der Waals surface area contributed by atoms with Gasteiger partial charge in [0.1, 0.15) is 11.4 Å². The van der Waals surface area contributed by atoms with E-state index in [4.69, 9.17) is 5.73 Å². The molecule has 0 aliphatic heterocycles. The molecule has 0 spiro atoms. The number of nitrogens with two attached hydrogens (primary N) is 1. The second-order valence-corrected chi connectivity index (χ2v) is 5.88. The number of H-pyrrole nitrogens is 1. The van der Waals surface area contributed by atoms with E-state index in [1.165, 1.54) is 0 Å². The molecule has 2 amide bonds. The van der Waals surface area contributed by atoms with Gasteiger partial charge in [0, 0.05) is 6.20 Å². The number of aromatic amines is 1. The van der Waals surface area contributed by atoms with E-state index in [9.17, 15) is 14.4 Å². The number of carbonyl (C=O) groups is 2. The molecular weight excluding hydrogens is 332 g/mol. The summed E-state index contributed by atoms with van der Waals surface area (Å²) in [6.45, 7) is 2.16. The summed E-state index contributed by atoms with van der Waals surface area (Å²) < 4.78 is 0. The standard InChI is InChI=1S/C19H22N4O3/c1-13-10-16(18(25)21-12-13)23-19(26)15(8-5-9-20)22-17(24)11-14-6-3-2-4-7-14/h2-4,6-7,10,12H,5,8-9,11,20H2,1H3,(H,21,25)(H,23,26). The Morgan fingerprint density at radius 1 is 1.23 bits per heavy atom. The Kier molecular flexibility index (Phi) is 6.99. The summed E-state index contributed by atoms with van der Waals surface area (Å²) in [7, 11) is 0. The molecule has 0 bridgehead atoms. The molecule has 136 valence electrons. The molecule has 0 saturated heterocycles. The van der Waals surface area contributed by atoms with Crippen LogP contribution in [0.4, 0.5) is 5.69 Å². The molecule has 1 aromatic heterocycles. The van der Waals surface area contributed by atoms with Crippen molar-refractivity contribution >= 4 is 23.2 Å². The van der Waals surface area contributed by atoms with Gasteiger partial charge in [-0.2, -0.15) is 0 Å². The molecule has 2 aromatic rings. The van der Waals surface area contributed by atoms with Crippen molar-refractivity contribution in [2.75, 3.05) is 11.9 Å². The van der Waals surface area contributed by atoms with E-state index in [1.807, 2.05) is 30.3 Å². The van der Waals surface area contributed by atoms with E-state index in [0.29, 0.717) is 13.0 Å². The maximum Gasteiger partial charge on any atom is 0.271 e. The Morgan fingerprint density at radius 3 is 2.65 bits per heavy atom. The highest BCUT2D eigenvalue weighted by atomic mass is 16.2. The third-order valence-corrected chi connectivity index (χ3v) is 3.63. The number of aliphatic imine (C=N–C) groups is 1. The van der Waals surface area contributed by atoms with Crippen LogP contribution in [0.2, 0.25) is 0 Å². The number of aryl methyl sites for hydroxylation is 1. The minimum atomic E-state index is -0.573. The van der Waals surface area contributed by atoms with Crippen molar-refractivity contribution in [1.29, 1.82) is 0 Å². The topological polar surface area (TPSA) is 117 Å². The van der Waals surface area contributed by atoms with Gasteiger partial charge in [0.25, 0.3) is 17.4 Å². The number of benzene rings is 1. The Hall–Kier alpha value is -3.06. The number of amides is 2. The third kappa shape index (κ3) is 5.78. The van der Waals surface area contributed by atoms with Gasteiger partial charge >= 0.3 is 0 Å². The van der Waals surface area contributed by atoms with Crippen LogP contribution in [0.5, 0.6) is 0 Å². The molecule has 2 rings (SSSR count). The van der Waals surface area contributed by atoms with Crippen molar-refractivity contribution < 1.29 is 9.59 Å². The molecule has 0 saturated carbocycles. The zero-order valence-electron chi connectivity index (χ0n) is 14.6. The van der Waals surface area contributed by atoms with Crippen LogP contribution < -0.4 is 16.6 Å². The number of hydrogen-bond acceptors (Lipinski definition) is 4. The maximum absolute atomic E-state index is 12.5. The molecule has 0 atom stereocenters. The van der Waals surface area contributed by atoms with Gasteiger partial charge in [-0.1, -0.05) is 30.3 Å². The van der Waals surface area contributed by atoms with E-state index >= 15 is 0 Å². The summed E-state index contributed by atoms with van der Waals surface area (Å²) in [5, 5.41) is 2.52. The zero-order chi connectivity index (χ0) is 18.9. The fraction of sp³-hybridized carbons (Fsp3) is 0.263. The van der Waals surface area contributed by atoms with Crippen molar-refractivity contribution in [3.8, 4) is 0 Å². The van der Waals surface area contributed by atoms with Crippen LogP contribution in [0.15, 0.2) is 52.4 Å². The number of nitrogens with zero attached hydrogens (tertiary/aromatic N) is 1. The quantitative estimate of drug-likeness (QED) is 0.654. The van der Waals surface area contributed by atoms with Crippen molar-refractivity contribution in [2.24, 2.45) is 10.7 Å². The van der Waals surface area contributed by atoms with E-state index in [-0.39, 0.29) is 24.2 Å². The average molecular weight is 354 g/mol. The van der Waals surface area contributed by atoms with Crippen LogP contribution in [0.25, 0.3) is 0 Å². The van der Waals surface area contributed by atoms with E-state index in [1.54, 1.807) is 19.2 Å². The van der Waals surface area contributed by atoms with Gasteiger partial charge in [0.15, 0.2) is 0 Å². The molecule has 1 aromatic carbocycles. The predicted octanol–water partition coefficient (Wildman–Crippen LogP) is 1.57. The Labute approximate surface area is 151 Å². The van der Waals surface area contributed by atoms with E-state index < -0.39 is 17.4 Å². The fourth-order valence-corrected chi connectivity index (χ4v) is 2.33. The van der Waals surface area contributed by atoms with Crippen LogP contribution in [-0.2, 0) is 16.0 Å². The number of carbonyl (C=O) groups excluding carboxylic acids is 2. The first kappa shape index (κ1) is 19.3. The molecule has 4 N–H and O–H groups in total. The first-order chi connectivity index (χ1) is 12.5. The lowest BCUT2D eigenvalue weighted by atomic mass is 10.1. The minimum absolute atomic E-state index is 0.0669. The van der Waals surface area contributed by atoms with Gasteiger partial charge in [-0.05, 0) is 43.5 Å². The summed E-state index contributed by atoms with van der Waals surface area (Å²) >= 11 is 0. The molecule has 7 nitrogen and oxygen atoms in total. The zero-order valence-corrected chi connectivity index (χ0v) is 14.6. The second-order valence-electron chi connectivity index (χ2n) is 5.88. The molecule has 0 aliphatic rings. The highest BCUT2D eigenvalue weighted by molar-refractivity contribution is 6.44. The lowest BCUT2D eigenvalue weighted by Crippen LogP contribution is -2.28. The number of rotatable bonds is 7. The van der Waals surface area contributed by atoms with Crippen LogP contribution in [0.1, 0.15) is 24.0 Å². The molecule has 0 radical (unpaired) electrons. The van der Waals surface area contributed by atoms with Crippen molar-refractivity contribution in [2.45, 2.75) is 26.2 Å². The first-order valence-corrected chi connectivity index (χ1v) is 8.34. The molecule has 7 heteroatoms. The maximum atomic E-state index is 12.5. The minimum Gasteiger partial charge on any atom is -0.330 e. The van der Waals surface area contributed by atoms with Gasteiger partial charge < -0.3 is 16.0 Å². The van der Waals surface area contributed by atoms with Crippen molar-refractivity contribution in [3.63, 3.8) is 0 Å². The Morgan fingerprint density at radius 2 is 1.96 bits per heavy atom. The number of pyridine rings is 1. The summed E-state index contributed by atoms with van der Waals surface area (Å²) in [6.07, 6.45) is 2.41. The van der Waals surface area contributed by atoms with Gasteiger partial charge in [-0.3, -0.25) is 14.4 Å². The van der Waals surface area contributed by atoms with Gasteiger partial charge in [0.2, 0.25) is 0 Å². The molecule has 0 fully saturated rings. The van der Waals surface area contributed by atoms with Gasteiger partial charge in [0.05, 0.1) is 6.42 Å². The number of nitrogens with one attached hydrogen (secondary N) is 2. The first-order valence-electron chi connectivity index (χ1n) is 8.34. The Balaban J connectivity index is 2.16. The summed E-state index contributed by atoms with van der Waals surface area (Å²) in [6, 6.07) is 10.7. The third-order valence-electron chi connectivity index (χ3n) is 3.63. The van der Waals surface area contributed by atoms with Gasteiger partial charge in [-0.15, -0.1) is 0 Å². The van der Waals surface area contributed by atoms with Crippen molar-refractivity contribution in [1.82, 2.24) is 4.98 Å². The highest BCUT2D eigenvalue weighted by Gasteiger charge is 2.15. The monoisotopic (exact) mass is 354 g/mol. The summed E-state index contributed by atoms with van der Waals surface area (Å²) in [5.41, 5.74) is 6.87. The molecule has 0 unspecified atom stereocenters. The van der Waals surface area contributed by atoms with Crippen molar-refractivity contribution in [3.05, 3.63) is 64.1 Å². The Bertz CT molecular complexity index is 857. The largest absolute Gasteiger partial charge is 0.330 e. The van der Waals surface area contributed by atoms with Gasteiger partial charge in [-0.25, -0.2) is 4.99 Å². The lowest BCUT2D eigenvalue weighted by molar-refractivity contribution is -0.117. The van der Waals surface area contributed by atoms with Crippen LogP contribution in [0, 0.1) is 6.92 Å². The predicted molar refractivity (Wildman–Crippen MR) is 101 cm³/mol. The molecule has 0 aliphatic carbocycles. The second kappa shape index (κ2) is 9.43. The average Bonchev–Trinajstić information content (AvgIpc) is 2.62. The summed E-state index contributed by atoms with van der Waals surface area (Å²) in [4.78, 5) is 43.0. The van der Waals surface area contributed by atoms with Crippen LogP contribution >= 0.6 is 0 Å². The van der Waals surface area contributed by atoms with E-state index in [0.717, 1.165) is 11.1 Å². The smallest absolute Gasteiger partial charge is 0.271 e. The summed E-state index contributed by atoms with van der Waals surface area (Å²) in [5.74, 6) is -0.993. The number of aromatic nitrogens is 1.